The van der Waals surface area contributed by atoms with Crippen LogP contribution in [0.3, 0.4) is 0 Å². The maximum atomic E-state index is 11.9. The Labute approximate surface area is 120 Å². The molecule has 5 heteroatoms. The van der Waals surface area contributed by atoms with E-state index in [1.807, 2.05) is 30.5 Å². The van der Waals surface area contributed by atoms with Crippen LogP contribution in [0.25, 0.3) is 0 Å². The van der Waals surface area contributed by atoms with Gasteiger partial charge < -0.3 is 10.6 Å². The topological polar surface area (TPSA) is 41.1 Å². The zero-order chi connectivity index (χ0) is 12.5. The van der Waals surface area contributed by atoms with Gasteiger partial charge in [0.05, 0.1) is 5.56 Å². The smallest absolute Gasteiger partial charge is 0.252 e. The minimum atomic E-state index is 0. The number of hydrogen-bond donors (Lipinski definition) is 2. The SMILES string of the molecule is CCCNCCNC(=O)c1ccccc1SC.Cl. The molecule has 0 saturated heterocycles. The lowest BCUT2D eigenvalue weighted by Gasteiger charge is -2.08. The van der Waals surface area contributed by atoms with E-state index in [0.29, 0.717) is 6.54 Å². The van der Waals surface area contributed by atoms with Crippen LogP contribution in [-0.2, 0) is 0 Å². The Morgan fingerprint density at radius 2 is 1.94 bits per heavy atom. The molecule has 2 N–H and O–H groups in total. The summed E-state index contributed by atoms with van der Waals surface area (Å²) in [5.74, 6) is 0.00764. The molecule has 0 aliphatic rings. The van der Waals surface area contributed by atoms with Crippen LogP contribution in [0.2, 0.25) is 0 Å². The quantitative estimate of drug-likeness (QED) is 0.598. The molecule has 0 aliphatic heterocycles. The minimum Gasteiger partial charge on any atom is -0.351 e. The van der Waals surface area contributed by atoms with Crippen LogP contribution in [-0.4, -0.2) is 31.8 Å². The van der Waals surface area contributed by atoms with Crippen molar-refractivity contribution in [1.82, 2.24) is 10.6 Å². The fourth-order valence-corrected chi connectivity index (χ4v) is 2.09. The number of amides is 1. The second-order valence-electron chi connectivity index (χ2n) is 3.71. The van der Waals surface area contributed by atoms with Crippen molar-refractivity contribution in [1.29, 1.82) is 0 Å². The number of rotatable bonds is 7. The Kier molecular flexibility index (Phi) is 9.83. The molecule has 0 radical (unpaired) electrons. The predicted octanol–water partition coefficient (Wildman–Crippen LogP) is 2.56. The average molecular weight is 289 g/mol. The van der Waals surface area contributed by atoms with Crippen LogP contribution in [0, 0.1) is 0 Å². The molecule has 102 valence electrons. The first kappa shape index (κ1) is 17.3. The maximum Gasteiger partial charge on any atom is 0.252 e. The molecule has 0 heterocycles. The van der Waals surface area contributed by atoms with Gasteiger partial charge in [-0.2, -0.15) is 0 Å². The van der Waals surface area contributed by atoms with Gasteiger partial charge in [0, 0.05) is 18.0 Å². The van der Waals surface area contributed by atoms with Gasteiger partial charge in [0.25, 0.3) is 5.91 Å². The van der Waals surface area contributed by atoms with Crippen molar-refractivity contribution in [2.75, 3.05) is 25.9 Å². The van der Waals surface area contributed by atoms with E-state index in [1.54, 1.807) is 11.8 Å². The van der Waals surface area contributed by atoms with Gasteiger partial charge in [-0.05, 0) is 31.4 Å². The third-order valence-corrected chi connectivity index (χ3v) is 3.16. The molecule has 1 aromatic carbocycles. The molecular formula is C13H21ClN2OS. The Morgan fingerprint density at radius 1 is 1.22 bits per heavy atom. The zero-order valence-corrected chi connectivity index (χ0v) is 12.5. The summed E-state index contributed by atoms with van der Waals surface area (Å²) in [6, 6.07) is 7.67. The van der Waals surface area contributed by atoms with Crippen LogP contribution in [0.4, 0.5) is 0 Å². The summed E-state index contributed by atoms with van der Waals surface area (Å²) < 4.78 is 0. The Bertz CT molecular complexity index is 361. The molecule has 0 bridgehead atoms. The Morgan fingerprint density at radius 3 is 2.61 bits per heavy atom. The first-order valence-corrected chi connectivity index (χ1v) is 7.14. The monoisotopic (exact) mass is 288 g/mol. The molecule has 0 fully saturated rings. The average Bonchev–Trinajstić information content (AvgIpc) is 2.38. The first-order valence-electron chi connectivity index (χ1n) is 5.91. The standard InChI is InChI=1S/C13H20N2OS.ClH/c1-3-8-14-9-10-15-13(16)11-6-4-5-7-12(11)17-2;/h4-7,14H,3,8-10H2,1-2H3,(H,15,16);1H. The molecule has 0 aliphatic carbocycles. The van der Waals surface area contributed by atoms with Crippen molar-refractivity contribution in [3.63, 3.8) is 0 Å². The molecule has 1 aromatic rings. The molecule has 0 unspecified atom stereocenters. The zero-order valence-electron chi connectivity index (χ0n) is 10.9. The van der Waals surface area contributed by atoms with Crippen LogP contribution in [0.5, 0.6) is 0 Å². The highest BCUT2D eigenvalue weighted by molar-refractivity contribution is 7.98. The van der Waals surface area contributed by atoms with E-state index >= 15 is 0 Å². The molecule has 0 aromatic heterocycles. The second-order valence-corrected chi connectivity index (χ2v) is 4.55. The van der Waals surface area contributed by atoms with Gasteiger partial charge in [0.1, 0.15) is 0 Å². The highest BCUT2D eigenvalue weighted by Gasteiger charge is 2.08. The number of carbonyl (C=O) groups is 1. The summed E-state index contributed by atoms with van der Waals surface area (Å²) in [5, 5.41) is 6.17. The van der Waals surface area contributed by atoms with E-state index in [2.05, 4.69) is 17.6 Å². The lowest BCUT2D eigenvalue weighted by Crippen LogP contribution is -2.32. The van der Waals surface area contributed by atoms with E-state index in [4.69, 9.17) is 0 Å². The maximum absolute atomic E-state index is 11.9. The van der Waals surface area contributed by atoms with Crippen LogP contribution in [0.1, 0.15) is 23.7 Å². The lowest BCUT2D eigenvalue weighted by atomic mass is 10.2. The number of carbonyl (C=O) groups excluding carboxylic acids is 1. The van der Waals surface area contributed by atoms with Gasteiger partial charge >= 0.3 is 0 Å². The van der Waals surface area contributed by atoms with E-state index in [1.165, 1.54) is 0 Å². The van der Waals surface area contributed by atoms with Gasteiger partial charge in [-0.15, -0.1) is 24.2 Å². The van der Waals surface area contributed by atoms with Gasteiger partial charge in [0.2, 0.25) is 0 Å². The van der Waals surface area contributed by atoms with E-state index < -0.39 is 0 Å². The number of nitrogens with one attached hydrogen (secondary N) is 2. The van der Waals surface area contributed by atoms with Crippen molar-refractivity contribution < 1.29 is 4.79 Å². The molecule has 1 rings (SSSR count). The third kappa shape index (κ3) is 5.76. The van der Waals surface area contributed by atoms with Gasteiger partial charge in [-0.25, -0.2) is 0 Å². The molecule has 1 amide bonds. The molecular weight excluding hydrogens is 268 g/mol. The Hall–Kier alpha value is -0.710. The molecule has 0 spiro atoms. The van der Waals surface area contributed by atoms with Crippen molar-refractivity contribution in [3.05, 3.63) is 29.8 Å². The number of thioether (sulfide) groups is 1. The van der Waals surface area contributed by atoms with E-state index in [9.17, 15) is 4.79 Å². The number of benzene rings is 1. The normalized spacial score (nSPS) is 9.67. The van der Waals surface area contributed by atoms with Crippen molar-refractivity contribution in [3.8, 4) is 0 Å². The largest absolute Gasteiger partial charge is 0.351 e. The molecule has 3 nitrogen and oxygen atoms in total. The first-order chi connectivity index (χ1) is 8.29. The summed E-state index contributed by atoms with van der Waals surface area (Å²) >= 11 is 1.59. The van der Waals surface area contributed by atoms with E-state index in [0.717, 1.165) is 30.0 Å². The van der Waals surface area contributed by atoms with Gasteiger partial charge in [0.15, 0.2) is 0 Å². The lowest BCUT2D eigenvalue weighted by molar-refractivity contribution is 0.0951. The highest BCUT2D eigenvalue weighted by Crippen LogP contribution is 2.19. The van der Waals surface area contributed by atoms with Crippen molar-refractivity contribution in [2.24, 2.45) is 0 Å². The summed E-state index contributed by atoms with van der Waals surface area (Å²) in [4.78, 5) is 12.9. The molecule has 18 heavy (non-hydrogen) atoms. The summed E-state index contributed by atoms with van der Waals surface area (Å²) in [6.45, 7) is 4.61. The van der Waals surface area contributed by atoms with Crippen molar-refractivity contribution in [2.45, 2.75) is 18.2 Å². The number of hydrogen-bond acceptors (Lipinski definition) is 3. The van der Waals surface area contributed by atoms with Crippen LogP contribution < -0.4 is 10.6 Å². The van der Waals surface area contributed by atoms with Crippen molar-refractivity contribution >= 4 is 30.1 Å². The second kappa shape index (κ2) is 10.2. The molecule has 0 atom stereocenters. The van der Waals surface area contributed by atoms with Gasteiger partial charge in [-0.1, -0.05) is 19.1 Å². The van der Waals surface area contributed by atoms with Gasteiger partial charge in [-0.3, -0.25) is 4.79 Å². The number of halogens is 1. The minimum absolute atomic E-state index is 0. The summed E-state index contributed by atoms with van der Waals surface area (Å²) in [7, 11) is 0. The predicted molar refractivity (Wildman–Crippen MR) is 81.0 cm³/mol. The molecule has 0 saturated carbocycles. The van der Waals surface area contributed by atoms with Crippen LogP contribution in [0.15, 0.2) is 29.2 Å². The Balaban J connectivity index is 0.00000289. The summed E-state index contributed by atoms with van der Waals surface area (Å²) in [5.41, 5.74) is 0.760. The fraction of sp³-hybridized carbons (Fsp3) is 0.462. The van der Waals surface area contributed by atoms with Crippen LogP contribution >= 0.6 is 24.2 Å². The summed E-state index contributed by atoms with van der Waals surface area (Å²) in [6.07, 6.45) is 3.10. The third-order valence-electron chi connectivity index (χ3n) is 2.37. The van der Waals surface area contributed by atoms with E-state index in [-0.39, 0.29) is 18.3 Å². The fourth-order valence-electron chi connectivity index (χ4n) is 1.49. The highest BCUT2D eigenvalue weighted by atomic mass is 35.5.